The molecule has 2 aliphatic heterocycles. The van der Waals surface area contributed by atoms with E-state index in [1.54, 1.807) is 19.2 Å². The SMILES string of the molecule is CN=C(NCc1cc(Br)ccc1F)NC1CC2CCC1O2.I. The van der Waals surface area contributed by atoms with Gasteiger partial charge >= 0.3 is 0 Å². The second kappa shape index (κ2) is 7.92. The van der Waals surface area contributed by atoms with Crippen LogP contribution in [0.25, 0.3) is 0 Å². The van der Waals surface area contributed by atoms with E-state index in [2.05, 4.69) is 31.6 Å². The number of fused-ring (bicyclic) bond motifs is 2. The highest BCUT2D eigenvalue weighted by Crippen LogP contribution is 2.34. The van der Waals surface area contributed by atoms with Gasteiger partial charge in [-0.2, -0.15) is 0 Å². The quantitative estimate of drug-likeness (QED) is 0.394. The highest BCUT2D eigenvalue weighted by atomic mass is 127. The van der Waals surface area contributed by atoms with Crippen molar-refractivity contribution in [3.05, 3.63) is 34.1 Å². The summed E-state index contributed by atoms with van der Waals surface area (Å²) in [7, 11) is 1.72. The molecule has 2 aliphatic rings. The molecule has 0 aromatic heterocycles. The molecule has 1 aromatic carbocycles. The highest BCUT2D eigenvalue weighted by molar-refractivity contribution is 14.0. The lowest BCUT2D eigenvalue weighted by Crippen LogP contribution is -2.47. The van der Waals surface area contributed by atoms with Gasteiger partial charge < -0.3 is 15.4 Å². The zero-order valence-electron chi connectivity index (χ0n) is 12.3. The van der Waals surface area contributed by atoms with Gasteiger partial charge in [0.25, 0.3) is 0 Å². The second-order valence-electron chi connectivity index (χ2n) is 5.52. The third-order valence-corrected chi connectivity index (χ3v) is 4.60. The van der Waals surface area contributed by atoms with Gasteiger partial charge in [0, 0.05) is 23.6 Å². The Morgan fingerprint density at radius 1 is 1.45 bits per heavy atom. The summed E-state index contributed by atoms with van der Waals surface area (Å²) in [4.78, 5) is 4.21. The topological polar surface area (TPSA) is 45.7 Å². The first-order valence-corrected chi connectivity index (χ1v) is 8.01. The van der Waals surface area contributed by atoms with Crippen molar-refractivity contribution in [2.45, 2.75) is 44.1 Å². The Kier molecular flexibility index (Phi) is 6.46. The van der Waals surface area contributed by atoms with Crippen LogP contribution in [-0.4, -0.2) is 31.3 Å². The summed E-state index contributed by atoms with van der Waals surface area (Å²) in [6.45, 7) is 0.395. The Labute approximate surface area is 155 Å². The number of rotatable bonds is 3. The van der Waals surface area contributed by atoms with E-state index in [-0.39, 0.29) is 35.9 Å². The molecular formula is C15H20BrFIN3O. The molecule has 4 nitrogen and oxygen atoms in total. The molecule has 2 N–H and O–H groups in total. The molecule has 122 valence electrons. The normalized spacial score (nSPS) is 26.7. The molecule has 0 amide bonds. The Balaban J connectivity index is 0.00000176. The molecule has 2 fully saturated rings. The van der Waals surface area contributed by atoms with Gasteiger partial charge in [-0.25, -0.2) is 4.39 Å². The molecule has 7 heteroatoms. The Morgan fingerprint density at radius 3 is 2.91 bits per heavy atom. The third kappa shape index (κ3) is 4.11. The van der Waals surface area contributed by atoms with E-state index in [1.165, 1.54) is 6.07 Å². The van der Waals surface area contributed by atoms with Crippen LogP contribution in [0.4, 0.5) is 4.39 Å². The minimum atomic E-state index is -0.218. The van der Waals surface area contributed by atoms with Gasteiger partial charge in [0.15, 0.2) is 5.96 Å². The van der Waals surface area contributed by atoms with Crippen molar-refractivity contribution in [3.8, 4) is 0 Å². The summed E-state index contributed by atoms with van der Waals surface area (Å²) >= 11 is 3.36. The lowest BCUT2D eigenvalue weighted by molar-refractivity contribution is 0.0992. The van der Waals surface area contributed by atoms with E-state index in [0.717, 1.165) is 23.7 Å². The minimum absolute atomic E-state index is 0. The van der Waals surface area contributed by atoms with Crippen LogP contribution in [0.5, 0.6) is 0 Å². The van der Waals surface area contributed by atoms with Crippen molar-refractivity contribution >= 4 is 45.9 Å². The summed E-state index contributed by atoms with van der Waals surface area (Å²) in [6, 6.07) is 5.23. The fourth-order valence-corrected chi connectivity index (χ4v) is 3.43. The first-order chi connectivity index (χ1) is 10.2. The summed E-state index contributed by atoms with van der Waals surface area (Å²) in [5, 5.41) is 6.54. The number of nitrogens with zero attached hydrogens (tertiary/aromatic N) is 1. The van der Waals surface area contributed by atoms with E-state index in [4.69, 9.17) is 4.74 Å². The number of guanidine groups is 1. The Morgan fingerprint density at radius 2 is 2.27 bits per heavy atom. The van der Waals surface area contributed by atoms with E-state index >= 15 is 0 Å². The van der Waals surface area contributed by atoms with Crippen LogP contribution in [0.15, 0.2) is 27.7 Å². The molecule has 0 saturated carbocycles. The number of benzene rings is 1. The first-order valence-electron chi connectivity index (χ1n) is 7.22. The molecule has 2 heterocycles. The van der Waals surface area contributed by atoms with E-state index in [9.17, 15) is 4.39 Å². The van der Waals surface area contributed by atoms with Crippen LogP contribution in [-0.2, 0) is 11.3 Å². The number of ether oxygens (including phenoxy) is 1. The summed E-state index contributed by atoms with van der Waals surface area (Å²) in [6.07, 6.45) is 3.98. The molecule has 0 radical (unpaired) electrons. The van der Waals surface area contributed by atoms with Crippen LogP contribution in [0.2, 0.25) is 0 Å². The maximum Gasteiger partial charge on any atom is 0.191 e. The van der Waals surface area contributed by atoms with E-state index in [0.29, 0.717) is 30.2 Å². The maximum atomic E-state index is 13.7. The molecule has 22 heavy (non-hydrogen) atoms. The predicted molar refractivity (Wildman–Crippen MR) is 99.1 cm³/mol. The Hall–Kier alpha value is -0.410. The molecule has 3 unspecified atom stereocenters. The van der Waals surface area contributed by atoms with Crippen molar-refractivity contribution in [1.29, 1.82) is 0 Å². The van der Waals surface area contributed by atoms with Gasteiger partial charge in [0.1, 0.15) is 5.82 Å². The van der Waals surface area contributed by atoms with Crippen molar-refractivity contribution < 1.29 is 9.13 Å². The second-order valence-corrected chi connectivity index (χ2v) is 6.44. The van der Waals surface area contributed by atoms with Gasteiger partial charge in [-0.3, -0.25) is 4.99 Å². The predicted octanol–water partition coefficient (Wildman–Crippen LogP) is 3.19. The fraction of sp³-hybridized carbons (Fsp3) is 0.533. The molecule has 0 aliphatic carbocycles. The van der Waals surface area contributed by atoms with Crippen molar-refractivity contribution in [2.75, 3.05) is 7.05 Å². The largest absolute Gasteiger partial charge is 0.373 e. The van der Waals surface area contributed by atoms with Crippen LogP contribution in [0.3, 0.4) is 0 Å². The molecule has 3 rings (SSSR count). The van der Waals surface area contributed by atoms with E-state index in [1.807, 2.05) is 0 Å². The summed E-state index contributed by atoms with van der Waals surface area (Å²) in [5.74, 6) is 0.472. The smallest absolute Gasteiger partial charge is 0.191 e. The first kappa shape index (κ1) is 17.9. The lowest BCUT2D eigenvalue weighted by atomic mass is 9.96. The molecule has 2 saturated heterocycles. The summed E-state index contributed by atoms with van der Waals surface area (Å²) in [5.41, 5.74) is 0.608. The zero-order chi connectivity index (χ0) is 14.8. The van der Waals surface area contributed by atoms with Gasteiger partial charge in [-0.05, 0) is 37.5 Å². The molecule has 1 aromatic rings. The van der Waals surface area contributed by atoms with E-state index < -0.39 is 0 Å². The van der Waals surface area contributed by atoms with Crippen LogP contribution >= 0.6 is 39.9 Å². The van der Waals surface area contributed by atoms with Crippen LogP contribution in [0, 0.1) is 5.82 Å². The maximum absolute atomic E-state index is 13.7. The molecule has 2 bridgehead atoms. The number of hydrogen-bond donors (Lipinski definition) is 2. The number of halogens is 3. The standard InChI is InChI=1S/C15H19BrFN3O.HI/c1-18-15(20-13-7-11-3-5-14(13)21-11)19-8-9-6-10(16)2-4-12(9)17;/h2,4,6,11,13-14H,3,5,7-8H2,1H3,(H2,18,19,20);1H. The van der Waals surface area contributed by atoms with Gasteiger partial charge in [0.2, 0.25) is 0 Å². The number of nitrogens with one attached hydrogen (secondary N) is 2. The third-order valence-electron chi connectivity index (χ3n) is 4.11. The van der Waals surface area contributed by atoms with Crippen molar-refractivity contribution in [3.63, 3.8) is 0 Å². The highest BCUT2D eigenvalue weighted by Gasteiger charge is 2.41. The van der Waals surface area contributed by atoms with Gasteiger partial charge in [-0.15, -0.1) is 24.0 Å². The van der Waals surface area contributed by atoms with Crippen molar-refractivity contribution in [1.82, 2.24) is 10.6 Å². The van der Waals surface area contributed by atoms with Gasteiger partial charge in [-0.1, -0.05) is 15.9 Å². The zero-order valence-corrected chi connectivity index (χ0v) is 16.2. The molecular weight excluding hydrogens is 464 g/mol. The lowest BCUT2D eigenvalue weighted by Gasteiger charge is -2.22. The minimum Gasteiger partial charge on any atom is -0.373 e. The fourth-order valence-electron chi connectivity index (χ4n) is 3.02. The average molecular weight is 484 g/mol. The van der Waals surface area contributed by atoms with Crippen LogP contribution in [0.1, 0.15) is 24.8 Å². The molecule has 0 spiro atoms. The number of hydrogen-bond acceptors (Lipinski definition) is 2. The summed E-state index contributed by atoms with van der Waals surface area (Å²) < 4.78 is 20.4. The van der Waals surface area contributed by atoms with Crippen molar-refractivity contribution in [2.24, 2.45) is 4.99 Å². The van der Waals surface area contributed by atoms with Crippen LogP contribution < -0.4 is 10.6 Å². The molecule has 3 atom stereocenters. The number of aliphatic imine (C=N–C) groups is 1. The average Bonchev–Trinajstić information content (AvgIpc) is 3.09. The Bertz CT molecular complexity index is 558. The van der Waals surface area contributed by atoms with Gasteiger partial charge in [0.05, 0.1) is 18.2 Å². The monoisotopic (exact) mass is 483 g/mol.